The van der Waals surface area contributed by atoms with Crippen molar-refractivity contribution in [3.63, 3.8) is 0 Å². The molecule has 1 aliphatic heterocycles. The van der Waals surface area contributed by atoms with Crippen LogP contribution in [0.5, 0.6) is 0 Å². The SMILES string of the molecule is NC(=O)C1CC(Cc2cc(F)cc(F)c2)CCN1. The Morgan fingerprint density at radius 1 is 1.33 bits per heavy atom. The average Bonchev–Trinajstić information content (AvgIpc) is 2.27. The molecule has 18 heavy (non-hydrogen) atoms. The molecule has 0 bridgehead atoms. The summed E-state index contributed by atoms with van der Waals surface area (Å²) in [7, 11) is 0. The molecule has 2 unspecified atom stereocenters. The molecule has 0 radical (unpaired) electrons. The van der Waals surface area contributed by atoms with Crippen LogP contribution in [0.15, 0.2) is 18.2 Å². The number of amides is 1. The molecule has 5 heteroatoms. The van der Waals surface area contributed by atoms with Gasteiger partial charge in [0.2, 0.25) is 5.91 Å². The van der Waals surface area contributed by atoms with E-state index in [9.17, 15) is 13.6 Å². The number of rotatable bonds is 3. The van der Waals surface area contributed by atoms with Crippen LogP contribution in [-0.4, -0.2) is 18.5 Å². The molecule has 0 saturated carbocycles. The van der Waals surface area contributed by atoms with Crippen LogP contribution >= 0.6 is 0 Å². The number of primary amides is 1. The minimum absolute atomic E-state index is 0.227. The Morgan fingerprint density at radius 3 is 2.61 bits per heavy atom. The Hall–Kier alpha value is -1.49. The van der Waals surface area contributed by atoms with Crippen LogP contribution in [0.1, 0.15) is 18.4 Å². The molecule has 2 atom stereocenters. The third-order valence-electron chi connectivity index (χ3n) is 3.30. The van der Waals surface area contributed by atoms with E-state index in [4.69, 9.17) is 5.73 Å². The quantitative estimate of drug-likeness (QED) is 0.855. The fourth-order valence-corrected chi connectivity index (χ4v) is 2.46. The molecule has 0 aromatic heterocycles. The molecule has 1 heterocycles. The highest BCUT2D eigenvalue weighted by molar-refractivity contribution is 5.79. The minimum atomic E-state index is -0.564. The Labute approximate surface area is 104 Å². The second kappa shape index (κ2) is 5.44. The lowest BCUT2D eigenvalue weighted by molar-refractivity contribution is -0.120. The van der Waals surface area contributed by atoms with E-state index < -0.39 is 11.6 Å². The normalized spacial score (nSPS) is 23.9. The number of nitrogens with two attached hydrogens (primary N) is 1. The maximum Gasteiger partial charge on any atom is 0.234 e. The summed E-state index contributed by atoms with van der Waals surface area (Å²) in [4.78, 5) is 11.1. The second-order valence-electron chi connectivity index (χ2n) is 4.78. The zero-order valence-electron chi connectivity index (χ0n) is 9.96. The maximum atomic E-state index is 13.1. The van der Waals surface area contributed by atoms with Crippen molar-refractivity contribution >= 4 is 5.91 Å². The van der Waals surface area contributed by atoms with Crippen molar-refractivity contribution < 1.29 is 13.6 Å². The topological polar surface area (TPSA) is 55.1 Å². The number of benzene rings is 1. The number of halogens is 2. The van der Waals surface area contributed by atoms with Gasteiger partial charge in [-0.1, -0.05) is 0 Å². The van der Waals surface area contributed by atoms with Gasteiger partial charge in [0.25, 0.3) is 0 Å². The third kappa shape index (κ3) is 3.26. The van der Waals surface area contributed by atoms with Gasteiger partial charge in [-0.05, 0) is 49.4 Å². The summed E-state index contributed by atoms with van der Waals surface area (Å²) in [6.45, 7) is 0.704. The van der Waals surface area contributed by atoms with E-state index in [1.54, 1.807) is 0 Å². The smallest absolute Gasteiger partial charge is 0.234 e. The Balaban J connectivity index is 2.02. The predicted octanol–water partition coefficient (Wildman–Crippen LogP) is 1.36. The van der Waals surface area contributed by atoms with Gasteiger partial charge in [-0.3, -0.25) is 4.79 Å². The highest BCUT2D eigenvalue weighted by atomic mass is 19.1. The lowest BCUT2D eigenvalue weighted by Gasteiger charge is -2.28. The molecule has 0 aliphatic carbocycles. The lowest BCUT2D eigenvalue weighted by Crippen LogP contribution is -2.47. The summed E-state index contributed by atoms with van der Waals surface area (Å²) in [5.74, 6) is -1.27. The van der Waals surface area contributed by atoms with Crippen LogP contribution in [0.2, 0.25) is 0 Å². The van der Waals surface area contributed by atoms with Crippen molar-refractivity contribution in [3.05, 3.63) is 35.4 Å². The van der Waals surface area contributed by atoms with E-state index in [1.165, 1.54) is 12.1 Å². The van der Waals surface area contributed by atoms with E-state index in [1.807, 2.05) is 0 Å². The molecular weight excluding hydrogens is 238 g/mol. The summed E-state index contributed by atoms with van der Waals surface area (Å²) in [6.07, 6.45) is 2.06. The van der Waals surface area contributed by atoms with Crippen LogP contribution < -0.4 is 11.1 Å². The molecule has 3 N–H and O–H groups in total. The largest absolute Gasteiger partial charge is 0.368 e. The van der Waals surface area contributed by atoms with E-state index in [0.717, 1.165) is 12.5 Å². The Kier molecular flexibility index (Phi) is 3.91. The van der Waals surface area contributed by atoms with Gasteiger partial charge in [0, 0.05) is 6.07 Å². The number of hydrogen-bond donors (Lipinski definition) is 2. The highest BCUT2D eigenvalue weighted by Crippen LogP contribution is 2.22. The van der Waals surface area contributed by atoms with Crippen LogP contribution in [0.4, 0.5) is 8.78 Å². The summed E-state index contributed by atoms with van der Waals surface area (Å²) < 4.78 is 26.1. The van der Waals surface area contributed by atoms with Crippen molar-refractivity contribution in [1.29, 1.82) is 0 Å². The van der Waals surface area contributed by atoms with Gasteiger partial charge in [-0.15, -0.1) is 0 Å². The monoisotopic (exact) mass is 254 g/mol. The Morgan fingerprint density at radius 2 is 2.00 bits per heavy atom. The van der Waals surface area contributed by atoms with Crippen LogP contribution in [0.25, 0.3) is 0 Å². The summed E-state index contributed by atoms with van der Waals surface area (Å²) >= 11 is 0. The predicted molar refractivity (Wildman–Crippen MR) is 63.8 cm³/mol. The van der Waals surface area contributed by atoms with E-state index in [2.05, 4.69) is 5.32 Å². The number of piperidine rings is 1. The molecule has 2 rings (SSSR count). The summed E-state index contributed by atoms with van der Waals surface area (Å²) in [6, 6.07) is 3.20. The summed E-state index contributed by atoms with van der Waals surface area (Å²) in [5, 5.41) is 3.03. The highest BCUT2D eigenvalue weighted by Gasteiger charge is 2.25. The van der Waals surface area contributed by atoms with Crippen molar-refractivity contribution in [3.8, 4) is 0 Å². The fraction of sp³-hybridized carbons (Fsp3) is 0.462. The van der Waals surface area contributed by atoms with Gasteiger partial charge in [0.15, 0.2) is 0 Å². The van der Waals surface area contributed by atoms with Crippen molar-refractivity contribution in [2.45, 2.75) is 25.3 Å². The summed E-state index contributed by atoms with van der Waals surface area (Å²) in [5.41, 5.74) is 5.88. The first kappa shape index (κ1) is 13.0. The van der Waals surface area contributed by atoms with E-state index in [-0.39, 0.29) is 17.9 Å². The standard InChI is InChI=1S/C13H16F2N2O/c14-10-4-9(5-11(15)7-10)3-8-1-2-17-12(6-8)13(16)18/h4-5,7-8,12,17H,1-3,6H2,(H2,16,18). The molecule has 1 amide bonds. The second-order valence-corrected chi connectivity index (χ2v) is 4.78. The molecule has 1 aromatic rings. The molecule has 3 nitrogen and oxygen atoms in total. The molecule has 0 spiro atoms. The molecular formula is C13H16F2N2O. The van der Waals surface area contributed by atoms with Crippen molar-refractivity contribution in [2.75, 3.05) is 6.54 Å². The first-order valence-electron chi connectivity index (χ1n) is 6.02. The van der Waals surface area contributed by atoms with Crippen molar-refractivity contribution in [2.24, 2.45) is 11.7 Å². The molecule has 1 saturated heterocycles. The minimum Gasteiger partial charge on any atom is -0.368 e. The van der Waals surface area contributed by atoms with Gasteiger partial charge in [0.1, 0.15) is 11.6 Å². The molecule has 1 aromatic carbocycles. The number of nitrogens with one attached hydrogen (secondary N) is 1. The van der Waals surface area contributed by atoms with Crippen molar-refractivity contribution in [1.82, 2.24) is 5.32 Å². The first-order valence-corrected chi connectivity index (χ1v) is 6.02. The number of carbonyl (C=O) groups excluding carboxylic acids is 1. The van der Waals surface area contributed by atoms with Crippen LogP contribution in [0.3, 0.4) is 0 Å². The van der Waals surface area contributed by atoms with E-state index in [0.29, 0.717) is 24.9 Å². The fourth-order valence-electron chi connectivity index (χ4n) is 2.46. The molecule has 1 fully saturated rings. The maximum absolute atomic E-state index is 13.1. The van der Waals surface area contributed by atoms with Crippen LogP contribution in [-0.2, 0) is 11.2 Å². The van der Waals surface area contributed by atoms with Crippen LogP contribution in [0, 0.1) is 17.6 Å². The lowest BCUT2D eigenvalue weighted by atomic mass is 9.87. The van der Waals surface area contributed by atoms with Gasteiger partial charge in [-0.2, -0.15) is 0 Å². The zero-order valence-corrected chi connectivity index (χ0v) is 9.96. The van der Waals surface area contributed by atoms with Gasteiger partial charge >= 0.3 is 0 Å². The zero-order chi connectivity index (χ0) is 13.1. The number of hydrogen-bond acceptors (Lipinski definition) is 2. The van der Waals surface area contributed by atoms with Gasteiger partial charge in [-0.25, -0.2) is 8.78 Å². The molecule has 98 valence electrons. The van der Waals surface area contributed by atoms with Gasteiger partial charge < -0.3 is 11.1 Å². The average molecular weight is 254 g/mol. The van der Waals surface area contributed by atoms with E-state index >= 15 is 0 Å². The molecule has 1 aliphatic rings. The van der Waals surface area contributed by atoms with Gasteiger partial charge in [0.05, 0.1) is 6.04 Å². The number of carbonyl (C=O) groups is 1. The Bertz CT molecular complexity index is 430. The third-order valence-corrected chi connectivity index (χ3v) is 3.30. The first-order chi connectivity index (χ1) is 8.54.